The van der Waals surface area contributed by atoms with Crippen LogP contribution in [-0.4, -0.2) is 25.4 Å². The van der Waals surface area contributed by atoms with Gasteiger partial charge in [-0.25, -0.2) is 15.0 Å². The maximum Gasteiger partial charge on any atom is 0.258 e. The molecule has 3 aromatic heterocycles. The smallest absolute Gasteiger partial charge is 0.258 e. The van der Waals surface area contributed by atoms with E-state index in [9.17, 15) is 4.79 Å². The Kier molecular flexibility index (Phi) is 4.36. The highest BCUT2D eigenvalue weighted by molar-refractivity contribution is 6.03. The van der Waals surface area contributed by atoms with Crippen LogP contribution in [0.25, 0.3) is 5.82 Å². The monoisotopic (exact) mass is 361 g/mol. The number of hydrogen-bond acceptors (Lipinski definition) is 6. The zero-order valence-electron chi connectivity index (χ0n) is 14.4. The molecular weight excluding hydrogens is 346 g/mol. The van der Waals surface area contributed by atoms with E-state index in [0.717, 1.165) is 5.82 Å². The van der Waals surface area contributed by atoms with Gasteiger partial charge in [0.15, 0.2) is 0 Å². The van der Waals surface area contributed by atoms with Crippen LogP contribution in [0.15, 0.2) is 72.1 Å². The van der Waals surface area contributed by atoms with Crippen LogP contribution in [0.3, 0.4) is 0 Å². The molecule has 27 heavy (non-hydrogen) atoms. The molecule has 0 atom stereocenters. The number of nitrogens with one attached hydrogen (secondary N) is 1. The highest BCUT2D eigenvalue weighted by Crippen LogP contribution is 2.23. The number of aromatic nitrogens is 4. The van der Waals surface area contributed by atoms with Crippen molar-refractivity contribution in [3.8, 4) is 17.4 Å². The predicted octanol–water partition coefficient (Wildman–Crippen LogP) is 3.61. The van der Waals surface area contributed by atoms with Gasteiger partial charge in [0.2, 0.25) is 5.88 Å². The van der Waals surface area contributed by atoms with Gasteiger partial charge in [0, 0.05) is 24.1 Å². The van der Waals surface area contributed by atoms with Crippen LogP contribution in [0, 0.1) is 6.92 Å². The molecule has 134 valence electrons. The zero-order chi connectivity index (χ0) is 18.6. The highest BCUT2D eigenvalue weighted by Gasteiger charge is 2.08. The van der Waals surface area contributed by atoms with Crippen LogP contribution in [0.1, 0.15) is 16.2 Å². The summed E-state index contributed by atoms with van der Waals surface area (Å²) in [6, 6.07) is 10.3. The number of amides is 1. The topological polar surface area (TPSA) is 95.1 Å². The molecular formula is C19H15N5O3. The minimum atomic E-state index is -0.242. The van der Waals surface area contributed by atoms with Crippen molar-refractivity contribution in [1.82, 2.24) is 19.5 Å². The molecule has 8 nitrogen and oxygen atoms in total. The fourth-order valence-electron chi connectivity index (χ4n) is 2.46. The number of furan rings is 1. The summed E-state index contributed by atoms with van der Waals surface area (Å²) in [7, 11) is 0. The van der Waals surface area contributed by atoms with Gasteiger partial charge in [-0.15, -0.1) is 0 Å². The Bertz CT molecular complexity index is 1060. The number of rotatable bonds is 5. The number of carbonyl (C=O) groups excluding carboxylic acids is 1. The third-order valence-corrected chi connectivity index (χ3v) is 3.82. The van der Waals surface area contributed by atoms with Crippen LogP contribution < -0.4 is 10.1 Å². The standard InChI is InChI=1S/C19H15N5O3/c1-13-20-7-8-24(13)17-10-18(22-12-21-17)27-16-4-2-15(3-5-16)23-19(25)14-6-9-26-11-14/h2-12H,1H3,(H,23,25). The van der Waals surface area contributed by atoms with Gasteiger partial charge >= 0.3 is 0 Å². The van der Waals surface area contributed by atoms with E-state index in [1.807, 2.05) is 17.7 Å². The Balaban J connectivity index is 1.46. The van der Waals surface area contributed by atoms with E-state index in [4.69, 9.17) is 9.15 Å². The summed E-state index contributed by atoms with van der Waals surface area (Å²) in [6.07, 6.45) is 7.80. The molecule has 0 unspecified atom stereocenters. The Labute approximate surface area is 154 Å². The molecule has 1 aromatic carbocycles. The van der Waals surface area contributed by atoms with E-state index in [1.54, 1.807) is 42.6 Å². The molecule has 1 N–H and O–H groups in total. The average Bonchev–Trinajstić information content (AvgIpc) is 3.35. The molecule has 0 spiro atoms. The van der Waals surface area contributed by atoms with Gasteiger partial charge < -0.3 is 14.5 Å². The quantitative estimate of drug-likeness (QED) is 0.583. The number of anilines is 1. The fraction of sp³-hybridized carbons (Fsp3) is 0.0526. The molecule has 0 radical (unpaired) electrons. The Morgan fingerprint density at radius 2 is 2.00 bits per heavy atom. The van der Waals surface area contributed by atoms with Crippen molar-refractivity contribution in [1.29, 1.82) is 0 Å². The van der Waals surface area contributed by atoms with Crippen molar-refractivity contribution in [3.63, 3.8) is 0 Å². The van der Waals surface area contributed by atoms with Crippen LogP contribution in [-0.2, 0) is 0 Å². The molecule has 0 bridgehead atoms. The summed E-state index contributed by atoms with van der Waals surface area (Å²) in [4.78, 5) is 24.5. The summed E-state index contributed by atoms with van der Waals surface area (Å²) in [5.41, 5.74) is 1.10. The Morgan fingerprint density at radius 3 is 2.70 bits per heavy atom. The lowest BCUT2D eigenvalue weighted by Crippen LogP contribution is -2.10. The molecule has 4 aromatic rings. The lowest BCUT2D eigenvalue weighted by Gasteiger charge is -2.08. The minimum absolute atomic E-state index is 0.242. The number of ether oxygens (including phenoxy) is 1. The van der Waals surface area contributed by atoms with Gasteiger partial charge in [-0.1, -0.05) is 0 Å². The van der Waals surface area contributed by atoms with E-state index >= 15 is 0 Å². The van der Waals surface area contributed by atoms with E-state index < -0.39 is 0 Å². The maximum atomic E-state index is 12.0. The van der Waals surface area contributed by atoms with Crippen LogP contribution in [0.4, 0.5) is 5.69 Å². The average molecular weight is 361 g/mol. The summed E-state index contributed by atoms with van der Waals surface area (Å²) < 4.78 is 12.5. The summed E-state index contributed by atoms with van der Waals surface area (Å²) >= 11 is 0. The van der Waals surface area contributed by atoms with Gasteiger partial charge in [-0.3, -0.25) is 9.36 Å². The highest BCUT2D eigenvalue weighted by atomic mass is 16.5. The first-order valence-electron chi connectivity index (χ1n) is 8.13. The first-order valence-corrected chi connectivity index (χ1v) is 8.13. The number of aryl methyl sites for hydroxylation is 1. The van der Waals surface area contributed by atoms with Gasteiger partial charge in [0.25, 0.3) is 5.91 Å². The molecule has 8 heteroatoms. The molecule has 0 fully saturated rings. The molecule has 0 aliphatic carbocycles. The lowest BCUT2D eigenvalue weighted by atomic mass is 10.2. The number of benzene rings is 1. The second kappa shape index (κ2) is 7.12. The van der Waals surface area contributed by atoms with Gasteiger partial charge in [-0.2, -0.15) is 0 Å². The van der Waals surface area contributed by atoms with E-state index in [-0.39, 0.29) is 5.91 Å². The largest absolute Gasteiger partial charge is 0.472 e. The van der Waals surface area contributed by atoms with Crippen molar-refractivity contribution in [2.45, 2.75) is 6.92 Å². The second-order valence-electron chi connectivity index (χ2n) is 5.65. The van der Waals surface area contributed by atoms with E-state index in [1.165, 1.54) is 18.9 Å². The Morgan fingerprint density at radius 1 is 1.15 bits per heavy atom. The minimum Gasteiger partial charge on any atom is -0.472 e. The molecule has 0 saturated carbocycles. The van der Waals surface area contributed by atoms with Crippen molar-refractivity contribution < 1.29 is 13.9 Å². The maximum absolute atomic E-state index is 12.0. The Hall–Kier alpha value is -3.94. The van der Waals surface area contributed by atoms with Crippen molar-refractivity contribution in [2.24, 2.45) is 0 Å². The SMILES string of the molecule is Cc1nccn1-c1cc(Oc2ccc(NC(=O)c3ccoc3)cc2)ncn1. The molecule has 0 aliphatic heterocycles. The third kappa shape index (κ3) is 3.69. The fourth-order valence-corrected chi connectivity index (χ4v) is 2.46. The van der Waals surface area contributed by atoms with Crippen molar-refractivity contribution in [2.75, 3.05) is 5.32 Å². The van der Waals surface area contributed by atoms with E-state index in [0.29, 0.717) is 28.7 Å². The first-order chi connectivity index (χ1) is 13.2. The van der Waals surface area contributed by atoms with Crippen LogP contribution in [0.5, 0.6) is 11.6 Å². The summed E-state index contributed by atoms with van der Waals surface area (Å²) in [5.74, 6) is 2.23. The van der Waals surface area contributed by atoms with Crippen molar-refractivity contribution >= 4 is 11.6 Å². The predicted molar refractivity (Wildman–Crippen MR) is 97.1 cm³/mol. The molecule has 0 saturated heterocycles. The van der Waals surface area contributed by atoms with Crippen LogP contribution in [0.2, 0.25) is 0 Å². The second-order valence-corrected chi connectivity index (χ2v) is 5.65. The molecule has 0 aliphatic rings. The van der Waals surface area contributed by atoms with Gasteiger partial charge in [-0.05, 0) is 37.3 Å². The zero-order valence-corrected chi connectivity index (χ0v) is 14.4. The molecule has 3 heterocycles. The van der Waals surface area contributed by atoms with E-state index in [2.05, 4.69) is 20.3 Å². The summed E-state index contributed by atoms with van der Waals surface area (Å²) in [6.45, 7) is 1.89. The van der Waals surface area contributed by atoms with Crippen molar-refractivity contribution in [3.05, 3.63) is 79.0 Å². The third-order valence-electron chi connectivity index (χ3n) is 3.82. The molecule has 4 rings (SSSR count). The lowest BCUT2D eigenvalue weighted by molar-refractivity contribution is 0.102. The normalized spacial score (nSPS) is 10.6. The number of hydrogen-bond donors (Lipinski definition) is 1. The first kappa shape index (κ1) is 16.5. The molecule has 1 amide bonds. The van der Waals surface area contributed by atoms with Crippen LogP contribution >= 0.6 is 0 Å². The number of carbonyl (C=O) groups is 1. The number of imidazole rings is 1. The van der Waals surface area contributed by atoms with Gasteiger partial charge in [0.1, 0.15) is 30.0 Å². The number of nitrogens with zero attached hydrogens (tertiary/aromatic N) is 4. The van der Waals surface area contributed by atoms with Gasteiger partial charge in [0.05, 0.1) is 11.8 Å². The summed E-state index contributed by atoms with van der Waals surface area (Å²) in [5, 5.41) is 2.78.